The first-order chi connectivity index (χ1) is 11.7. The Morgan fingerprint density at radius 2 is 2.29 bits per heavy atom. The van der Waals surface area contributed by atoms with E-state index in [4.69, 9.17) is 8.94 Å². The minimum Gasteiger partial charge on any atom is -0.461 e. The molecule has 1 atom stereocenters. The zero-order valence-corrected chi connectivity index (χ0v) is 13.4. The third-order valence-corrected chi connectivity index (χ3v) is 4.28. The van der Waals surface area contributed by atoms with E-state index >= 15 is 0 Å². The number of likely N-dealkylation sites (tertiary alicyclic amines) is 1. The topological polar surface area (TPSA) is 77.3 Å². The highest BCUT2D eigenvalue weighted by Crippen LogP contribution is 2.25. The Morgan fingerprint density at radius 3 is 3.04 bits per heavy atom. The summed E-state index contributed by atoms with van der Waals surface area (Å²) in [5.74, 6) is 0.898. The van der Waals surface area contributed by atoms with Gasteiger partial charge in [-0.3, -0.25) is 9.48 Å². The fourth-order valence-electron chi connectivity index (χ4n) is 3.06. The standard InChI is InChI=1S/C17H18N4O3/c1-12-9-18-21(10-12)13-4-2-6-20(11-13)17(22)14-8-16(24-19-14)15-5-3-7-23-15/h3,5,7-10,13H,2,4,6,11H2,1H3. The highest BCUT2D eigenvalue weighted by atomic mass is 16.5. The zero-order chi connectivity index (χ0) is 16.5. The molecule has 124 valence electrons. The van der Waals surface area contributed by atoms with Gasteiger partial charge >= 0.3 is 0 Å². The first-order valence-electron chi connectivity index (χ1n) is 8.01. The summed E-state index contributed by atoms with van der Waals surface area (Å²) in [5.41, 5.74) is 1.43. The first-order valence-corrected chi connectivity index (χ1v) is 8.01. The summed E-state index contributed by atoms with van der Waals surface area (Å²) in [6, 6.07) is 5.36. The van der Waals surface area contributed by atoms with Gasteiger partial charge in [0.05, 0.1) is 18.5 Å². The van der Waals surface area contributed by atoms with E-state index in [1.165, 1.54) is 0 Å². The molecule has 1 aliphatic rings. The van der Waals surface area contributed by atoms with Crippen molar-refractivity contribution < 1.29 is 13.7 Å². The molecule has 1 saturated heterocycles. The number of rotatable bonds is 3. The van der Waals surface area contributed by atoms with Crippen LogP contribution in [0.25, 0.3) is 11.5 Å². The predicted molar refractivity (Wildman–Crippen MR) is 85.3 cm³/mol. The van der Waals surface area contributed by atoms with E-state index in [0.717, 1.165) is 24.9 Å². The maximum absolute atomic E-state index is 12.7. The van der Waals surface area contributed by atoms with Crippen LogP contribution in [0.1, 0.15) is 34.9 Å². The molecule has 1 amide bonds. The molecule has 0 N–H and O–H groups in total. The quantitative estimate of drug-likeness (QED) is 0.739. The van der Waals surface area contributed by atoms with Gasteiger partial charge in [0, 0.05) is 25.4 Å². The second kappa shape index (κ2) is 5.99. The maximum Gasteiger partial charge on any atom is 0.276 e. The van der Waals surface area contributed by atoms with Gasteiger partial charge in [-0.05, 0) is 37.5 Å². The van der Waals surface area contributed by atoms with E-state index in [0.29, 0.717) is 23.8 Å². The van der Waals surface area contributed by atoms with Gasteiger partial charge in [0.15, 0.2) is 11.5 Å². The van der Waals surface area contributed by atoms with Crippen molar-refractivity contribution in [3.63, 3.8) is 0 Å². The minimum atomic E-state index is -0.120. The second-order valence-corrected chi connectivity index (χ2v) is 6.10. The van der Waals surface area contributed by atoms with Gasteiger partial charge in [-0.1, -0.05) is 5.16 Å². The Labute approximate surface area is 138 Å². The van der Waals surface area contributed by atoms with Crippen LogP contribution in [-0.2, 0) is 0 Å². The van der Waals surface area contributed by atoms with Gasteiger partial charge < -0.3 is 13.8 Å². The molecule has 1 aliphatic heterocycles. The molecule has 24 heavy (non-hydrogen) atoms. The molecule has 7 nitrogen and oxygen atoms in total. The number of carbonyl (C=O) groups excluding carboxylic acids is 1. The van der Waals surface area contributed by atoms with Gasteiger partial charge in [0.1, 0.15) is 0 Å². The van der Waals surface area contributed by atoms with E-state index in [1.54, 1.807) is 24.5 Å². The van der Waals surface area contributed by atoms with E-state index in [-0.39, 0.29) is 11.9 Å². The second-order valence-electron chi connectivity index (χ2n) is 6.10. The molecular weight excluding hydrogens is 308 g/mol. The van der Waals surface area contributed by atoms with E-state index in [9.17, 15) is 4.79 Å². The largest absolute Gasteiger partial charge is 0.461 e. The summed E-state index contributed by atoms with van der Waals surface area (Å²) >= 11 is 0. The molecule has 0 spiro atoms. The van der Waals surface area contributed by atoms with Crippen LogP contribution in [0.5, 0.6) is 0 Å². The van der Waals surface area contributed by atoms with E-state index < -0.39 is 0 Å². The lowest BCUT2D eigenvalue weighted by Crippen LogP contribution is -2.41. The van der Waals surface area contributed by atoms with Crippen molar-refractivity contribution in [2.45, 2.75) is 25.8 Å². The number of furan rings is 1. The molecule has 4 heterocycles. The van der Waals surface area contributed by atoms with Gasteiger partial charge in [0.25, 0.3) is 5.91 Å². The van der Waals surface area contributed by atoms with Crippen LogP contribution in [0.3, 0.4) is 0 Å². The van der Waals surface area contributed by atoms with Gasteiger partial charge in [0.2, 0.25) is 5.76 Å². The predicted octanol–water partition coefficient (Wildman–Crippen LogP) is 2.92. The molecule has 0 radical (unpaired) electrons. The Morgan fingerprint density at radius 1 is 1.38 bits per heavy atom. The number of aryl methyl sites for hydroxylation is 1. The number of hydrogen-bond acceptors (Lipinski definition) is 5. The Kier molecular flexibility index (Phi) is 3.68. The summed E-state index contributed by atoms with van der Waals surface area (Å²) in [6.45, 7) is 3.36. The Hall–Kier alpha value is -2.83. The van der Waals surface area contributed by atoms with Crippen LogP contribution in [0, 0.1) is 6.92 Å². The summed E-state index contributed by atoms with van der Waals surface area (Å²) in [6.07, 6.45) is 7.37. The summed E-state index contributed by atoms with van der Waals surface area (Å²) in [5, 5.41) is 8.28. The molecular formula is C17H18N4O3. The summed E-state index contributed by atoms with van der Waals surface area (Å²) in [7, 11) is 0. The van der Waals surface area contributed by atoms with Crippen molar-refractivity contribution in [2.24, 2.45) is 0 Å². The van der Waals surface area contributed by atoms with Crippen molar-refractivity contribution in [1.82, 2.24) is 19.8 Å². The SMILES string of the molecule is Cc1cnn(C2CCCN(C(=O)c3cc(-c4ccco4)on3)C2)c1. The average Bonchev–Trinajstić information content (AvgIpc) is 3.34. The fraction of sp³-hybridized carbons (Fsp3) is 0.353. The Balaban J connectivity index is 1.50. The molecule has 4 rings (SSSR count). The maximum atomic E-state index is 12.7. The fourth-order valence-corrected chi connectivity index (χ4v) is 3.06. The molecule has 1 unspecified atom stereocenters. The number of aromatic nitrogens is 3. The van der Waals surface area contributed by atoms with Gasteiger partial charge in [-0.25, -0.2) is 0 Å². The molecule has 3 aromatic heterocycles. The lowest BCUT2D eigenvalue weighted by Gasteiger charge is -2.32. The van der Waals surface area contributed by atoms with Crippen molar-refractivity contribution in [3.8, 4) is 11.5 Å². The number of piperidine rings is 1. The van der Waals surface area contributed by atoms with Crippen LogP contribution in [-0.4, -0.2) is 38.8 Å². The molecule has 1 fully saturated rings. The highest BCUT2D eigenvalue weighted by Gasteiger charge is 2.28. The highest BCUT2D eigenvalue weighted by molar-refractivity contribution is 5.93. The van der Waals surface area contributed by atoms with Crippen molar-refractivity contribution >= 4 is 5.91 Å². The molecule has 7 heteroatoms. The third-order valence-electron chi connectivity index (χ3n) is 4.28. The normalized spacial score (nSPS) is 18.0. The molecule has 0 aliphatic carbocycles. The van der Waals surface area contributed by atoms with Crippen LogP contribution >= 0.6 is 0 Å². The third kappa shape index (κ3) is 2.73. The first kappa shape index (κ1) is 14.7. The monoisotopic (exact) mass is 326 g/mol. The van der Waals surface area contributed by atoms with E-state index in [1.807, 2.05) is 28.9 Å². The number of carbonyl (C=O) groups is 1. The Bertz CT molecular complexity index is 834. The smallest absolute Gasteiger partial charge is 0.276 e. The van der Waals surface area contributed by atoms with Crippen molar-refractivity contribution in [3.05, 3.63) is 48.1 Å². The van der Waals surface area contributed by atoms with Crippen molar-refractivity contribution in [2.75, 3.05) is 13.1 Å². The molecule has 3 aromatic rings. The average molecular weight is 326 g/mol. The van der Waals surface area contributed by atoms with E-state index in [2.05, 4.69) is 10.3 Å². The number of nitrogens with zero attached hydrogens (tertiary/aromatic N) is 4. The lowest BCUT2D eigenvalue weighted by atomic mass is 10.1. The molecule has 0 bridgehead atoms. The lowest BCUT2D eigenvalue weighted by molar-refractivity contribution is 0.0662. The molecule has 0 saturated carbocycles. The van der Waals surface area contributed by atoms with Crippen LogP contribution in [0.4, 0.5) is 0 Å². The number of hydrogen-bond donors (Lipinski definition) is 0. The van der Waals surface area contributed by atoms with Gasteiger partial charge in [-0.15, -0.1) is 0 Å². The minimum absolute atomic E-state index is 0.120. The summed E-state index contributed by atoms with van der Waals surface area (Å²) in [4.78, 5) is 14.5. The van der Waals surface area contributed by atoms with Crippen LogP contribution < -0.4 is 0 Å². The van der Waals surface area contributed by atoms with Crippen molar-refractivity contribution in [1.29, 1.82) is 0 Å². The number of amides is 1. The van der Waals surface area contributed by atoms with Gasteiger partial charge in [-0.2, -0.15) is 5.10 Å². The zero-order valence-electron chi connectivity index (χ0n) is 13.4. The van der Waals surface area contributed by atoms with Crippen LogP contribution in [0.2, 0.25) is 0 Å². The molecule has 0 aromatic carbocycles. The summed E-state index contributed by atoms with van der Waals surface area (Å²) < 4.78 is 12.4. The van der Waals surface area contributed by atoms with Crippen LogP contribution in [0.15, 0.2) is 45.8 Å².